The van der Waals surface area contributed by atoms with Gasteiger partial charge >= 0.3 is 0 Å². The van der Waals surface area contributed by atoms with Crippen molar-refractivity contribution in [3.63, 3.8) is 0 Å². The first kappa shape index (κ1) is 9.92. The molecule has 0 aromatic rings. The second-order valence-corrected chi connectivity index (χ2v) is 2.84. The zero-order chi connectivity index (χ0) is 7.98. The van der Waals surface area contributed by atoms with Gasteiger partial charge in [-0.3, -0.25) is 4.90 Å². The molecule has 0 radical (unpaired) electrons. The normalized spacial score (nSPS) is 14.1. The zero-order valence-corrected chi connectivity index (χ0v) is 7.43. The molecule has 62 valence electrons. The summed E-state index contributed by atoms with van der Waals surface area (Å²) < 4.78 is 0. The Morgan fingerprint density at radius 2 is 1.90 bits per heavy atom. The number of nitrogens with two attached hydrogens (primary N) is 1. The van der Waals surface area contributed by atoms with Crippen LogP contribution in [0.4, 0.5) is 0 Å². The monoisotopic (exact) mass is 144 g/mol. The minimum atomic E-state index is 0.268. The van der Waals surface area contributed by atoms with Crippen molar-refractivity contribution >= 4 is 0 Å². The van der Waals surface area contributed by atoms with E-state index in [1.54, 1.807) is 0 Å². The molecule has 0 amide bonds. The van der Waals surface area contributed by atoms with E-state index < -0.39 is 0 Å². The molecule has 2 heteroatoms. The third-order valence-corrected chi connectivity index (χ3v) is 1.73. The Morgan fingerprint density at radius 3 is 2.30 bits per heavy atom. The topological polar surface area (TPSA) is 29.3 Å². The highest BCUT2D eigenvalue weighted by molar-refractivity contribution is 4.59. The first-order chi connectivity index (χ1) is 4.72. The van der Waals surface area contributed by atoms with Gasteiger partial charge in [-0.1, -0.05) is 20.3 Å². The molecule has 0 spiro atoms. The summed E-state index contributed by atoms with van der Waals surface area (Å²) in [6.45, 7) is 5.45. The second kappa shape index (κ2) is 5.69. The van der Waals surface area contributed by atoms with Crippen molar-refractivity contribution in [2.24, 2.45) is 5.73 Å². The molecule has 1 unspecified atom stereocenters. The molecule has 0 saturated heterocycles. The van der Waals surface area contributed by atoms with Crippen molar-refractivity contribution in [2.45, 2.75) is 39.3 Å². The highest BCUT2D eigenvalue weighted by Gasteiger charge is 2.05. The number of rotatable bonds is 5. The van der Waals surface area contributed by atoms with Crippen LogP contribution in [0.2, 0.25) is 0 Å². The highest BCUT2D eigenvalue weighted by Crippen LogP contribution is 1.98. The van der Waals surface area contributed by atoms with Crippen molar-refractivity contribution in [3.05, 3.63) is 0 Å². The average molecular weight is 144 g/mol. The van der Waals surface area contributed by atoms with Crippen molar-refractivity contribution in [1.82, 2.24) is 4.90 Å². The molecule has 0 aliphatic heterocycles. The third-order valence-electron chi connectivity index (χ3n) is 1.73. The van der Waals surface area contributed by atoms with E-state index in [0.29, 0.717) is 0 Å². The van der Waals surface area contributed by atoms with Crippen molar-refractivity contribution in [1.29, 1.82) is 0 Å². The molecule has 0 aromatic heterocycles. The lowest BCUT2D eigenvalue weighted by Gasteiger charge is -2.23. The van der Waals surface area contributed by atoms with Gasteiger partial charge in [-0.2, -0.15) is 0 Å². The maximum atomic E-state index is 5.84. The predicted octanol–water partition coefficient (Wildman–Crippen LogP) is 1.41. The number of hydrogen-bond donors (Lipinski definition) is 1. The Morgan fingerprint density at radius 1 is 1.30 bits per heavy atom. The molecular formula is C8H20N2. The average Bonchev–Trinajstić information content (AvgIpc) is 1.89. The minimum absolute atomic E-state index is 0.268. The fraction of sp³-hybridized carbons (Fsp3) is 1.00. The van der Waals surface area contributed by atoms with Crippen LogP contribution in [0.25, 0.3) is 0 Å². The van der Waals surface area contributed by atoms with Gasteiger partial charge in [0.1, 0.15) is 0 Å². The Hall–Kier alpha value is -0.0800. The van der Waals surface area contributed by atoms with Gasteiger partial charge < -0.3 is 5.73 Å². The fourth-order valence-corrected chi connectivity index (χ4v) is 1.03. The summed E-state index contributed by atoms with van der Waals surface area (Å²) in [6.07, 6.45) is 3.74. The molecule has 0 fully saturated rings. The van der Waals surface area contributed by atoms with Crippen molar-refractivity contribution in [2.75, 3.05) is 13.6 Å². The molecule has 0 saturated carbocycles. The van der Waals surface area contributed by atoms with Gasteiger partial charge in [0.2, 0.25) is 0 Å². The Bertz CT molecular complexity index is 63.7. The van der Waals surface area contributed by atoms with Crippen molar-refractivity contribution in [3.8, 4) is 0 Å². The van der Waals surface area contributed by atoms with Crippen LogP contribution in [0.3, 0.4) is 0 Å². The predicted molar refractivity (Wildman–Crippen MR) is 45.8 cm³/mol. The van der Waals surface area contributed by atoms with Gasteiger partial charge in [0.25, 0.3) is 0 Å². The summed E-state index contributed by atoms with van der Waals surface area (Å²) in [5.41, 5.74) is 5.84. The standard InChI is InChI=1S/C8H20N2/c1-4-6-8(9)10(3)7-5-2/h8H,4-7,9H2,1-3H3. The molecule has 0 rings (SSSR count). The lowest BCUT2D eigenvalue weighted by atomic mass is 10.2. The van der Waals surface area contributed by atoms with E-state index in [0.717, 1.165) is 13.0 Å². The largest absolute Gasteiger partial charge is 0.316 e. The smallest absolute Gasteiger partial charge is 0.0569 e. The van der Waals surface area contributed by atoms with Crippen LogP contribution >= 0.6 is 0 Å². The summed E-state index contributed by atoms with van der Waals surface area (Å²) in [7, 11) is 2.09. The Balaban J connectivity index is 3.38. The van der Waals surface area contributed by atoms with E-state index in [1.165, 1.54) is 12.8 Å². The van der Waals surface area contributed by atoms with Crippen LogP contribution in [-0.4, -0.2) is 24.7 Å². The first-order valence-corrected chi connectivity index (χ1v) is 4.18. The van der Waals surface area contributed by atoms with Crippen LogP contribution < -0.4 is 5.73 Å². The molecule has 1 atom stereocenters. The van der Waals surface area contributed by atoms with E-state index in [1.807, 2.05) is 0 Å². The molecule has 2 nitrogen and oxygen atoms in total. The lowest BCUT2D eigenvalue weighted by Crippen LogP contribution is -2.39. The summed E-state index contributed by atoms with van der Waals surface area (Å²) in [5, 5.41) is 0. The highest BCUT2D eigenvalue weighted by atomic mass is 15.2. The van der Waals surface area contributed by atoms with Gasteiger partial charge in [0, 0.05) is 0 Å². The molecule has 10 heavy (non-hydrogen) atoms. The van der Waals surface area contributed by atoms with E-state index in [9.17, 15) is 0 Å². The van der Waals surface area contributed by atoms with Crippen LogP contribution in [0.5, 0.6) is 0 Å². The number of nitrogens with zero attached hydrogens (tertiary/aromatic N) is 1. The Labute approximate surface area is 64.4 Å². The quantitative estimate of drug-likeness (QED) is 0.591. The Kier molecular flexibility index (Phi) is 5.64. The number of hydrogen-bond acceptors (Lipinski definition) is 2. The summed E-state index contributed by atoms with van der Waals surface area (Å²) >= 11 is 0. The molecule has 0 heterocycles. The maximum Gasteiger partial charge on any atom is 0.0569 e. The zero-order valence-electron chi connectivity index (χ0n) is 7.43. The second-order valence-electron chi connectivity index (χ2n) is 2.84. The van der Waals surface area contributed by atoms with Crippen LogP contribution in [-0.2, 0) is 0 Å². The van der Waals surface area contributed by atoms with Crippen molar-refractivity contribution < 1.29 is 0 Å². The summed E-state index contributed by atoms with van der Waals surface area (Å²) in [5.74, 6) is 0. The molecule has 0 bridgehead atoms. The van der Waals surface area contributed by atoms with E-state index in [-0.39, 0.29) is 6.17 Å². The van der Waals surface area contributed by atoms with Gasteiger partial charge in [0.15, 0.2) is 0 Å². The van der Waals surface area contributed by atoms with E-state index in [4.69, 9.17) is 5.73 Å². The van der Waals surface area contributed by atoms with Crippen LogP contribution in [0.1, 0.15) is 33.1 Å². The van der Waals surface area contributed by atoms with Gasteiger partial charge in [-0.15, -0.1) is 0 Å². The first-order valence-electron chi connectivity index (χ1n) is 4.18. The fourth-order valence-electron chi connectivity index (χ4n) is 1.03. The van der Waals surface area contributed by atoms with Gasteiger partial charge in [-0.25, -0.2) is 0 Å². The summed E-state index contributed by atoms with van der Waals surface area (Å²) in [6, 6.07) is 0. The van der Waals surface area contributed by atoms with Gasteiger partial charge in [-0.05, 0) is 26.4 Å². The molecular weight excluding hydrogens is 124 g/mol. The molecule has 0 aliphatic rings. The van der Waals surface area contributed by atoms with Gasteiger partial charge in [0.05, 0.1) is 6.17 Å². The SMILES string of the molecule is CCCC(N)N(C)CCC. The van der Waals surface area contributed by atoms with Crippen LogP contribution in [0, 0.1) is 0 Å². The molecule has 0 aliphatic carbocycles. The van der Waals surface area contributed by atoms with Crippen LogP contribution in [0.15, 0.2) is 0 Å². The minimum Gasteiger partial charge on any atom is -0.316 e. The van der Waals surface area contributed by atoms with E-state index >= 15 is 0 Å². The summed E-state index contributed by atoms with van der Waals surface area (Å²) in [4.78, 5) is 2.21. The lowest BCUT2D eigenvalue weighted by molar-refractivity contribution is 0.234. The third kappa shape index (κ3) is 3.85. The molecule has 2 N–H and O–H groups in total. The maximum absolute atomic E-state index is 5.84. The molecule has 0 aromatic carbocycles. The van der Waals surface area contributed by atoms with E-state index in [2.05, 4.69) is 25.8 Å².